The molecule has 0 aliphatic carbocycles. The number of unbranched alkanes of at least 4 members (excludes halogenated alkanes) is 15. The average molecular weight is 485 g/mol. The maximum absolute atomic E-state index is 10.8. The zero-order valence-electron chi connectivity index (χ0n) is 19.7. The van der Waals surface area contributed by atoms with Crippen molar-refractivity contribution in [3.63, 3.8) is 0 Å². The van der Waals surface area contributed by atoms with Crippen LogP contribution in [-0.2, 0) is 9.09 Å². The normalized spacial score (nSPS) is 13.1. The van der Waals surface area contributed by atoms with E-state index in [9.17, 15) is 4.57 Å². The number of phosphoric ester groups is 1. The summed E-state index contributed by atoms with van der Waals surface area (Å²) in [5.74, 6) is 2.97. The van der Waals surface area contributed by atoms with E-state index in [0.717, 1.165) is 17.3 Å². The third-order valence-electron chi connectivity index (χ3n) is 5.28. The lowest BCUT2D eigenvalue weighted by atomic mass is 10.0. The minimum atomic E-state index is -4.34. The molecule has 0 saturated carbocycles. The highest BCUT2D eigenvalue weighted by Gasteiger charge is 2.18. The molecule has 0 aromatic heterocycles. The molecule has 0 spiro atoms. The molecule has 0 amide bonds. The first kappa shape index (κ1) is 30.8. The van der Waals surface area contributed by atoms with Gasteiger partial charge in [-0.05, 0) is 17.9 Å². The lowest BCUT2D eigenvalue weighted by Gasteiger charge is -2.15. The lowest BCUT2D eigenvalue weighted by molar-refractivity contribution is 0.200. The van der Waals surface area contributed by atoms with Gasteiger partial charge in [0, 0.05) is 11.0 Å². The van der Waals surface area contributed by atoms with Crippen molar-refractivity contribution in [2.45, 2.75) is 122 Å². The molecule has 0 radical (unpaired) electrons. The van der Waals surface area contributed by atoms with Crippen molar-refractivity contribution in [1.82, 2.24) is 0 Å². The van der Waals surface area contributed by atoms with E-state index < -0.39 is 7.82 Å². The Morgan fingerprint density at radius 3 is 1.57 bits per heavy atom. The van der Waals surface area contributed by atoms with Crippen molar-refractivity contribution in [2.75, 3.05) is 23.9 Å². The number of hydrogen-bond acceptors (Lipinski definition) is 4. The summed E-state index contributed by atoms with van der Waals surface area (Å²) in [6, 6.07) is 0. The highest BCUT2D eigenvalue weighted by molar-refractivity contribution is 8.03. The van der Waals surface area contributed by atoms with E-state index in [1.807, 2.05) is 11.8 Å². The van der Waals surface area contributed by atoms with E-state index in [1.54, 1.807) is 11.8 Å². The highest BCUT2D eigenvalue weighted by atomic mass is 32.2. The molecule has 1 atom stereocenters. The van der Waals surface area contributed by atoms with Gasteiger partial charge in [0.15, 0.2) is 0 Å². The minimum absolute atomic E-state index is 0.134. The van der Waals surface area contributed by atoms with E-state index >= 15 is 0 Å². The van der Waals surface area contributed by atoms with Crippen LogP contribution in [0.25, 0.3) is 0 Å². The van der Waals surface area contributed by atoms with Gasteiger partial charge >= 0.3 is 7.82 Å². The van der Waals surface area contributed by atoms with Crippen molar-refractivity contribution in [2.24, 2.45) is 0 Å². The van der Waals surface area contributed by atoms with Crippen LogP contribution in [0.1, 0.15) is 117 Å². The molecular weight excluding hydrogens is 435 g/mol. The fourth-order valence-electron chi connectivity index (χ4n) is 3.53. The molecule has 0 fully saturated rings. The fourth-order valence-corrected chi connectivity index (χ4v) is 6.25. The van der Waals surface area contributed by atoms with Gasteiger partial charge in [0.1, 0.15) is 0 Å². The van der Waals surface area contributed by atoms with Gasteiger partial charge in [-0.3, -0.25) is 4.52 Å². The summed E-state index contributed by atoms with van der Waals surface area (Å²) in [7, 11) is -4.34. The van der Waals surface area contributed by atoms with Gasteiger partial charge in [0.2, 0.25) is 0 Å². The molecule has 0 heterocycles. The summed E-state index contributed by atoms with van der Waals surface area (Å²) in [5, 5.41) is 0.161. The van der Waals surface area contributed by atoms with E-state index in [4.69, 9.17) is 9.79 Å². The van der Waals surface area contributed by atoms with Crippen LogP contribution in [0.5, 0.6) is 0 Å². The van der Waals surface area contributed by atoms with Crippen molar-refractivity contribution >= 4 is 31.3 Å². The number of thioether (sulfide) groups is 2. The maximum atomic E-state index is 10.8. The van der Waals surface area contributed by atoms with Crippen LogP contribution in [0, 0.1) is 0 Å². The summed E-state index contributed by atoms with van der Waals surface area (Å²) < 4.78 is 15.5. The number of hydrogen-bond donors (Lipinski definition) is 2. The third kappa shape index (κ3) is 25.1. The molecule has 0 aromatic carbocycles. The largest absolute Gasteiger partial charge is 0.469 e. The van der Waals surface area contributed by atoms with Gasteiger partial charge < -0.3 is 9.79 Å². The summed E-state index contributed by atoms with van der Waals surface area (Å²) in [4.78, 5) is 17.7. The molecule has 1 unspecified atom stereocenters. The molecule has 0 aliphatic heterocycles. The van der Waals surface area contributed by atoms with Gasteiger partial charge in [-0.15, -0.1) is 0 Å². The Labute approximate surface area is 195 Å². The smallest absolute Gasteiger partial charge is 0.303 e. The predicted octanol–water partition coefficient (Wildman–Crippen LogP) is 8.21. The molecule has 0 bridgehead atoms. The van der Waals surface area contributed by atoms with Crippen molar-refractivity contribution in [3.8, 4) is 0 Å². The van der Waals surface area contributed by atoms with Crippen LogP contribution in [0.2, 0.25) is 0 Å². The highest BCUT2D eigenvalue weighted by Crippen LogP contribution is 2.37. The summed E-state index contributed by atoms with van der Waals surface area (Å²) in [6.07, 6.45) is 22.3. The van der Waals surface area contributed by atoms with Crippen LogP contribution in [0.4, 0.5) is 0 Å². The lowest BCUT2D eigenvalue weighted by Crippen LogP contribution is -2.15. The quantitative estimate of drug-likeness (QED) is 0.106. The van der Waals surface area contributed by atoms with Crippen LogP contribution in [-0.4, -0.2) is 38.9 Å². The van der Waals surface area contributed by atoms with E-state index in [2.05, 4.69) is 18.4 Å². The molecule has 182 valence electrons. The Bertz CT molecular complexity index is 393. The van der Waals surface area contributed by atoms with Crippen LogP contribution in [0.15, 0.2) is 0 Å². The third-order valence-corrected chi connectivity index (χ3v) is 8.30. The molecular formula is C23H49O4PS2. The van der Waals surface area contributed by atoms with Gasteiger partial charge in [-0.25, -0.2) is 4.57 Å². The first-order chi connectivity index (χ1) is 14.5. The molecule has 2 N–H and O–H groups in total. The second-order valence-corrected chi connectivity index (χ2v) is 12.2. The van der Waals surface area contributed by atoms with Gasteiger partial charge in [0.25, 0.3) is 0 Å². The first-order valence-electron chi connectivity index (χ1n) is 12.4. The Morgan fingerprint density at radius 2 is 1.17 bits per heavy atom. The zero-order chi connectivity index (χ0) is 22.3. The summed E-state index contributed by atoms with van der Waals surface area (Å²) in [5.41, 5.74) is 0. The fraction of sp³-hybridized carbons (Fsp3) is 1.00. The summed E-state index contributed by atoms with van der Waals surface area (Å²) >= 11 is 3.60. The van der Waals surface area contributed by atoms with E-state index in [-0.39, 0.29) is 11.9 Å². The zero-order valence-corrected chi connectivity index (χ0v) is 22.2. The molecule has 0 aromatic rings. The maximum Gasteiger partial charge on any atom is 0.469 e. The van der Waals surface area contributed by atoms with Gasteiger partial charge in [0.05, 0.1) is 6.61 Å². The monoisotopic (exact) mass is 484 g/mol. The van der Waals surface area contributed by atoms with Crippen LogP contribution >= 0.6 is 31.3 Å². The minimum Gasteiger partial charge on any atom is -0.303 e. The Balaban J connectivity index is 3.30. The molecule has 30 heavy (non-hydrogen) atoms. The first-order valence-corrected chi connectivity index (χ1v) is 16.1. The average Bonchev–Trinajstić information content (AvgIpc) is 2.70. The van der Waals surface area contributed by atoms with E-state index in [1.165, 1.54) is 103 Å². The SMILES string of the molecule is CCCCCCCCCCCCCCCCCCSCC(COP(=O)(O)O)SCC. The summed E-state index contributed by atoms with van der Waals surface area (Å²) in [6.45, 7) is 4.48. The molecule has 4 nitrogen and oxygen atoms in total. The van der Waals surface area contributed by atoms with Crippen LogP contribution in [0.3, 0.4) is 0 Å². The topological polar surface area (TPSA) is 66.8 Å². The van der Waals surface area contributed by atoms with Crippen molar-refractivity contribution < 1.29 is 18.9 Å². The van der Waals surface area contributed by atoms with Crippen LogP contribution < -0.4 is 0 Å². The molecule has 0 rings (SSSR count). The predicted molar refractivity (Wildman–Crippen MR) is 137 cm³/mol. The van der Waals surface area contributed by atoms with Crippen molar-refractivity contribution in [3.05, 3.63) is 0 Å². The standard InChI is InChI=1S/C23H49O4PS2/c1-3-5-6-7-8-9-10-11-12-13-14-15-16-17-18-19-20-29-22-23(30-4-2)21-27-28(24,25)26/h23H,3-22H2,1-2H3,(H2,24,25,26). The second-order valence-electron chi connectivity index (χ2n) is 8.24. The van der Waals surface area contributed by atoms with Gasteiger partial charge in [-0.2, -0.15) is 23.5 Å². The molecule has 0 aliphatic rings. The van der Waals surface area contributed by atoms with E-state index in [0.29, 0.717) is 0 Å². The second kappa shape index (κ2) is 23.0. The molecule has 0 saturated heterocycles. The van der Waals surface area contributed by atoms with Crippen molar-refractivity contribution in [1.29, 1.82) is 0 Å². The Hall–Kier alpha value is 0.810. The van der Waals surface area contributed by atoms with Gasteiger partial charge in [-0.1, -0.05) is 110 Å². The number of rotatable bonds is 24. The Morgan fingerprint density at radius 1 is 0.733 bits per heavy atom. The number of phosphoric acid groups is 1. The molecule has 7 heteroatoms. The Kier molecular flexibility index (Phi) is 23.6.